The van der Waals surface area contributed by atoms with Gasteiger partial charge >= 0.3 is 0 Å². The number of hydrogen-bond donors (Lipinski definition) is 4. The molecule has 0 aliphatic rings. The maximum Gasteiger partial charge on any atom is 0.217 e. The predicted octanol–water partition coefficient (Wildman–Crippen LogP) is -2.21. The van der Waals surface area contributed by atoms with E-state index in [1.807, 2.05) is 0 Å². The number of amides is 1. The zero-order valence-electron chi connectivity index (χ0n) is 7.88. The summed E-state index contributed by atoms with van der Waals surface area (Å²) >= 11 is 0. The Morgan fingerprint density at radius 1 is 1.50 bits per heavy atom. The van der Waals surface area contributed by atoms with Crippen molar-refractivity contribution in [3.05, 3.63) is 0 Å². The minimum Gasteiger partial charge on any atom is -0.396 e. The molecule has 0 aliphatic carbocycles. The summed E-state index contributed by atoms with van der Waals surface area (Å²) in [5.41, 5.74) is 0. The van der Waals surface area contributed by atoms with Gasteiger partial charge in [-0.25, -0.2) is 0 Å². The predicted molar refractivity (Wildman–Crippen MR) is 47.4 cm³/mol. The SMILES string of the molecule is CC(=O)N[C@@H](C=O)[C@H](O)[C@H](O)CCO. The van der Waals surface area contributed by atoms with Gasteiger partial charge in [0.05, 0.1) is 6.10 Å². The second kappa shape index (κ2) is 6.47. The van der Waals surface area contributed by atoms with Gasteiger partial charge in [0.1, 0.15) is 18.4 Å². The van der Waals surface area contributed by atoms with Gasteiger partial charge < -0.3 is 25.4 Å². The highest BCUT2D eigenvalue weighted by molar-refractivity contribution is 5.77. The molecule has 14 heavy (non-hydrogen) atoms. The van der Waals surface area contributed by atoms with Crippen LogP contribution in [0.15, 0.2) is 0 Å². The Kier molecular flexibility index (Phi) is 6.02. The number of carbonyl (C=O) groups excluding carboxylic acids is 2. The van der Waals surface area contributed by atoms with Crippen molar-refractivity contribution in [2.45, 2.75) is 31.6 Å². The maximum atomic E-state index is 10.6. The van der Waals surface area contributed by atoms with Gasteiger partial charge in [0.15, 0.2) is 0 Å². The summed E-state index contributed by atoms with van der Waals surface area (Å²) < 4.78 is 0. The first-order valence-corrected chi connectivity index (χ1v) is 4.22. The van der Waals surface area contributed by atoms with E-state index in [9.17, 15) is 19.8 Å². The maximum absolute atomic E-state index is 10.6. The molecule has 0 spiro atoms. The van der Waals surface area contributed by atoms with Gasteiger partial charge in [0.25, 0.3) is 0 Å². The first-order chi connectivity index (χ1) is 6.52. The zero-order valence-corrected chi connectivity index (χ0v) is 7.88. The van der Waals surface area contributed by atoms with E-state index >= 15 is 0 Å². The second-order valence-electron chi connectivity index (χ2n) is 2.93. The van der Waals surface area contributed by atoms with Gasteiger partial charge in [-0.05, 0) is 6.42 Å². The summed E-state index contributed by atoms with van der Waals surface area (Å²) in [5.74, 6) is -0.475. The normalized spacial score (nSPS) is 16.9. The van der Waals surface area contributed by atoms with Crippen molar-refractivity contribution >= 4 is 12.2 Å². The van der Waals surface area contributed by atoms with Crippen LogP contribution in [-0.4, -0.2) is 52.4 Å². The Hall–Kier alpha value is -0.980. The largest absolute Gasteiger partial charge is 0.396 e. The molecule has 0 aromatic heterocycles. The fourth-order valence-electron chi connectivity index (χ4n) is 0.977. The van der Waals surface area contributed by atoms with Crippen molar-refractivity contribution in [2.24, 2.45) is 0 Å². The fourth-order valence-corrected chi connectivity index (χ4v) is 0.977. The fraction of sp³-hybridized carbons (Fsp3) is 0.750. The van der Waals surface area contributed by atoms with Gasteiger partial charge in [0, 0.05) is 13.5 Å². The van der Waals surface area contributed by atoms with Crippen LogP contribution >= 0.6 is 0 Å². The molecule has 6 heteroatoms. The van der Waals surface area contributed by atoms with Crippen LogP contribution in [-0.2, 0) is 9.59 Å². The highest BCUT2D eigenvalue weighted by atomic mass is 16.3. The van der Waals surface area contributed by atoms with E-state index in [1.165, 1.54) is 6.92 Å². The number of nitrogens with one attached hydrogen (secondary N) is 1. The quantitative estimate of drug-likeness (QED) is 0.368. The summed E-state index contributed by atoms with van der Waals surface area (Å²) in [6.07, 6.45) is -2.34. The van der Waals surface area contributed by atoms with Gasteiger partial charge in [-0.15, -0.1) is 0 Å². The lowest BCUT2D eigenvalue weighted by molar-refractivity contribution is -0.126. The zero-order chi connectivity index (χ0) is 11.1. The topological polar surface area (TPSA) is 107 Å². The lowest BCUT2D eigenvalue weighted by Crippen LogP contribution is -2.49. The third-order valence-corrected chi connectivity index (χ3v) is 1.70. The van der Waals surface area contributed by atoms with E-state index in [2.05, 4.69) is 5.32 Å². The highest BCUT2D eigenvalue weighted by Gasteiger charge is 2.26. The van der Waals surface area contributed by atoms with Gasteiger partial charge in [-0.3, -0.25) is 4.79 Å². The lowest BCUT2D eigenvalue weighted by atomic mass is 10.0. The van der Waals surface area contributed by atoms with E-state index in [4.69, 9.17) is 5.11 Å². The number of hydrogen-bond acceptors (Lipinski definition) is 5. The van der Waals surface area contributed by atoms with Crippen LogP contribution in [0.25, 0.3) is 0 Å². The van der Waals surface area contributed by atoms with Gasteiger partial charge in [0.2, 0.25) is 5.91 Å². The minimum absolute atomic E-state index is 0.0505. The van der Waals surface area contributed by atoms with Crippen LogP contribution in [0.1, 0.15) is 13.3 Å². The molecule has 0 bridgehead atoms. The van der Waals surface area contributed by atoms with E-state index < -0.39 is 24.2 Å². The molecule has 0 heterocycles. The Balaban J connectivity index is 4.21. The number of rotatable bonds is 6. The number of carbonyl (C=O) groups is 2. The summed E-state index contributed by atoms with van der Waals surface area (Å²) in [4.78, 5) is 21.0. The van der Waals surface area contributed by atoms with Crippen LogP contribution in [0.4, 0.5) is 0 Å². The first-order valence-electron chi connectivity index (χ1n) is 4.22. The van der Waals surface area contributed by atoms with Crippen molar-refractivity contribution in [2.75, 3.05) is 6.61 Å². The average molecular weight is 205 g/mol. The van der Waals surface area contributed by atoms with Crippen molar-refractivity contribution in [3.8, 4) is 0 Å². The van der Waals surface area contributed by atoms with Crippen molar-refractivity contribution in [1.29, 1.82) is 0 Å². The molecule has 0 rings (SSSR count). The summed E-state index contributed by atoms with van der Waals surface area (Å²) in [6, 6.07) is -1.14. The van der Waals surface area contributed by atoms with E-state index in [1.54, 1.807) is 0 Å². The monoisotopic (exact) mass is 205 g/mol. The molecule has 6 nitrogen and oxygen atoms in total. The molecule has 0 saturated heterocycles. The van der Waals surface area contributed by atoms with Crippen LogP contribution in [0.3, 0.4) is 0 Å². The number of aliphatic hydroxyl groups excluding tert-OH is 3. The van der Waals surface area contributed by atoms with E-state index in [-0.39, 0.29) is 13.0 Å². The minimum atomic E-state index is -1.40. The van der Waals surface area contributed by atoms with Crippen LogP contribution in [0.2, 0.25) is 0 Å². The Morgan fingerprint density at radius 3 is 2.43 bits per heavy atom. The van der Waals surface area contributed by atoms with E-state index in [0.29, 0.717) is 6.29 Å². The van der Waals surface area contributed by atoms with Crippen LogP contribution in [0.5, 0.6) is 0 Å². The number of aliphatic hydroxyl groups is 3. The third kappa shape index (κ3) is 4.31. The Labute approximate surface area is 81.5 Å². The smallest absolute Gasteiger partial charge is 0.217 e. The first kappa shape index (κ1) is 13.0. The highest BCUT2D eigenvalue weighted by Crippen LogP contribution is 2.02. The number of aldehydes is 1. The van der Waals surface area contributed by atoms with Gasteiger partial charge in [-0.2, -0.15) is 0 Å². The second-order valence-corrected chi connectivity index (χ2v) is 2.93. The molecular formula is C8H15NO5. The molecule has 0 fully saturated rings. The molecule has 82 valence electrons. The Bertz CT molecular complexity index is 196. The molecule has 3 atom stereocenters. The Morgan fingerprint density at radius 2 is 2.07 bits per heavy atom. The molecule has 0 saturated carbocycles. The molecule has 0 aromatic carbocycles. The summed E-state index contributed by atoms with van der Waals surface area (Å²) in [6.45, 7) is 0.894. The molecule has 4 N–H and O–H groups in total. The summed E-state index contributed by atoms with van der Waals surface area (Å²) in [5, 5.41) is 29.2. The molecule has 0 aromatic rings. The molecule has 0 unspecified atom stereocenters. The lowest BCUT2D eigenvalue weighted by Gasteiger charge is -2.22. The third-order valence-electron chi connectivity index (χ3n) is 1.70. The van der Waals surface area contributed by atoms with Crippen LogP contribution < -0.4 is 5.32 Å². The van der Waals surface area contributed by atoms with Gasteiger partial charge in [-0.1, -0.05) is 0 Å². The van der Waals surface area contributed by atoms with E-state index in [0.717, 1.165) is 0 Å². The molecule has 0 aliphatic heterocycles. The standard InChI is InChI=1S/C8H15NO5/c1-5(12)9-6(4-11)8(14)7(13)2-3-10/h4,6-8,10,13-14H,2-3H2,1H3,(H,9,12)/t6-,7+,8-/m0/s1. The molecule has 0 radical (unpaired) electrons. The van der Waals surface area contributed by atoms with Crippen LogP contribution in [0, 0.1) is 0 Å². The summed E-state index contributed by atoms with van der Waals surface area (Å²) in [7, 11) is 0. The molecule has 1 amide bonds. The van der Waals surface area contributed by atoms with Crippen molar-refractivity contribution in [3.63, 3.8) is 0 Å². The van der Waals surface area contributed by atoms with Crippen molar-refractivity contribution in [1.82, 2.24) is 5.32 Å². The van der Waals surface area contributed by atoms with Crippen molar-refractivity contribution < 1.29 is 24.9 Å². The average Bonchev–Trinajstić information content (AvgIpc) is 2.13. The molecular weight excluding hydrogens is 190 g/mol.